The predicted molar refractivity (Wildman–Crippen MR) is 86.8 cm³/mol. The van der Waals surface area contributed by atoms with Crippen molar-refractivity contribution in [2.24, 2.45) is 11.1 Å². The molecule has 6 nitrogen and oxygen atoms in total. The van der Waals surface area contributed by atoms with Gasteiger partial charge >= 0.3 is 0 Å². The van der Waals surface area contributed by atoms with Gasteiger partial charge in [-0.3, -0.25) is 4.79 Å². The maximum absolute atomic E-state index is 12.7. The average Bonchev–Trinajstić information content (AvgIpc) is 2.54. The summed E-state index contributed by atoms with van der Waals surface area (Å²) >= 11 is 0. The van der Waals surface area contributed by atoms with E-state index in [9.17, 15) is 4.79 Å². The molecule has 2 atom stereocenters. The molecule has 0 bridgehead atoms. The zero-order valence-electron chi connectivity index (χ0n) is 13.8. The van der Waals surface area contributed by atoms with Crippen LogP contribution in [0, 0.1) is 5.41 Å². The van der Waals surface area contributed by atoms with Gasteiger partial charge in [0.25, 0.3) is 0 Å². The Morgan fingerprint density at radius 3 is 2.70 bits per heavy atom. The van der Waals surface area contributed by atoms with Crippen molar-refractivity contribution in [2.45, 2.75) is 38.8 Å². The van der Waals surface area contributed by atoms with Crippen LogP contribution in [0.15, 0.2) is 18.2 Å². The summed E-state index contributed by atoms with van der Waals surface area (Å²) in [5.41, 5.74) is 5.67. The summed E-state index contributed by atoms with van der Waals surface area (Å²) < 4.78 is 16.7. The van der Waals surface area contributed by atoms with Crippen molar-refractivity contribution in [3.63, 3.8) is 0 Å². The molecule has 3 rings (SSSR count). The monoisotopic (exact) mass is 320 g/mol. The van der Waals surface area contributed by atoms with Crippen LogP contribution >= 0.6 is 0 Å². The van der Waals surface area contributed by atoms with E-state index in [4.69, 9.17) is 19.9 Å². The molecule has 1 aliphatic carbocycles. The van der Waals surface area contributed by atoms with Crippen LogP contribution in [-0.4, -0.2) is 37.4 Å². The van der Waals surface area contributed by atoms with E-state index in [1.165, 1.54) is 0 Å². The van der Waals surface area contributed by atoms with E-state index in [2.05, 4.69) is 5.32 Å². The number of hydrogen-bond acceptors (Lipinski definition) is 5. The Morgan fingerprint density at radius 2 is 2.04 bits per heavy atom. The summed E-state index contributed by atoms with van der Waals surface area (Å²) in [4.78, 5) is 12.7. The SMILES string of the molecule is CCOC1CC(N)(C(=O)Nc2ccc3c(c2)OCCO3)C1(C)C. The molecule has 0 saturated heterocycles. The van der Waals surface area contributed by atoms with Gasteiger partial charge in [0.1, 0.15) is 18.8 Å². The summed E-state index contributed by atoms with van der Waals surface area (Å²) in [5.74, 6) is 1.13. The molecule has 1 aliphatic heterocycles. The van der Waals surface area contributed by atoms with Crippen molar-refractivity contribution in [1.82, 2.24) is 0 Å². The number of hydrogen-bond donors (Lipinski definition) is 2. The van der Waals surface area contributed by atoms with Crippen molar-refractivity contribution < 1.29 is 19.0 Å². The first kappa shape index (κ1) is 16.1. The molecule has 0 radical (unpaired) electrons. The summed E-state index contributed by atoms with van der Waals surface area (Å²) in [6.07, 6.45) is 0.521. The fourth-order valence-corrected chi connectivity index (χ4v) is 3.18. The van der Waals surface area contributed by atoms with Gasteiger partial charge in [-0.2, -0.15) is 0 Å². The van der Waals surface area contributed by atoms with E-state index in [1.807, 2.05) is 20.8 Å². The lowest BCUT2D eigenvalue weighted by molar-refractivity contribution is -0.166. The summed E-state index contributed by atoms with van der Waals surface area (Å²) in [7, 11) is 0. The Hall–Kier alpha value is -1.79. The molecule has 3 N–H and O–H groups in total. The van der Waals surface area contributed by atoms with Crippen LogP contribution in [0.3, 0.4) is 0 Å². The second-order valence-electron chi connectivity index (χ2n) is 6.65. The third-order valence-electron chi connectivity index (χ3n) is 5.04. The number of ether oxygens (including phenoxy) is 3. The van der Waals surface area contributed by atoms with Gasteiger partial charge in [0.15, 0.2) is 11.5 Å². The number of carbonyl (C=O) groups excluding carboxylic acids is 1. The third kappa shape index (κ3) is 2.56. The zero-order chi connectivity index (χ0) is 16.7. The molecule has 6 heteroatoms. The number of anilines is 1. The topological polar surface area (TPSA) is 82.8 Å². The first-order valence-corrected chi connectivity index (χ1v) is 8.00. The summed E-state index contributed by atoms with van der Waals surface area (Å²) in [6, 6.07) is 5.35. The molecule has 2 unspecified atom stereocenters. The van der Waals surface area contributed by atoms with Crippen molar-refractivity contribution in [3.05, 3.63) is 18.2 Å². The van der Waals surface area contributed by atoms with Gasteiger partial charge in [-0.25, -0.2) is 0 Å². The normalized spacial score (nSPS) is 27.9. The fourth-order valence-electron chi connectivity index (χ4n) is 3.18. The minimum absolute atomic E-state index is 0.00326. The van der Waals surface area contributed by atoms with Crippen LogP contribution in [0.4, 0.5) is 5.69 Å². The molecule has 0 aromatic heterocycles. The van der Waals surface area contributed by atoms with Crippen molar-refractivity contribution in [3.8, 4) is 11.5 Å². The van der Waals surface area contributed by atoms with Gasteiger partial charge in [0.05, 0.1) is 6.10 Å². The molecule has 1 saturated carbocycles. The molecule has 2 aliphatic rings. The van der Waals surface area contributed by atoms with E-state index >= 15 is 0 Å². The van der Waals surface area contributed by atoms with Gasteiger partial charge in [0.2, 0.25) is 5.91 Å². The van der Waals surface area contributed by atoms with Gasteiger partial charge < -0.3 is 25.3 Å². The maximum atomic E-state index is 12.7. The Balaban J connectivity index is 1.72. The van der Waals surface area contributed by atoms with Crippen molar-refractivity contribution in [1.29, 1.82) is 0 Å². The first-order valence-electron chi connectivity index (χ1n) is 8.00. The molecule has 1 aromatic carbocycles. The Morgan fingerprint density at radius 1 is 1.35 bits per heavy atom. The molecule has 0 spiro atoms. The highest BCUT2D eigenvalue weighted by atomic mass is 16.6. The fraction of sp³-hybridized carbons (Fsp3) is 0.588. The lowest BCUT2D eigenvalue weighted by Gasteiger charge is -2.57. The highest BCUT2D eigenvalue weighted by Gasteiger charge is 2.62. The number of benzene rings is 1. The molecular formula is C17H24N2O4. The molecule has 1 fully saturated rings. The van der Waals surface area contributed by atoms with E-state index in [-0.39, 0.29) is 12.0 Å². The number of fused-ring (bicyclic) bond motifs is 1. The molecule has 126 valence electrons. The maximum Gasteiger partial charge on any atom is 0.245 e. The lowest BCUT2D eigenvalue weighted by Crippen LogP contribution is -2.74. The van der Waals surface area contributed by atoms with E-state index in [0.717, 1.165) is 0 Å². The van der Waals surface area contributed by atoms with Crippen LogP contribution in [0.1, 0.15) is 27.2 Å². The number of nitrogens with two attached hydrogens (primary N) is 1. The molecular weight excluding hydrogens is 296 g/mol. The Kier molecular flexibility index (Phi) is 3.98. The second kappa shape index (κ2) is 5.69. The van der Waals surface area contributed by atoms with Crippen molar-refractivity contribution >= 4 is 11.6 Å². The Labute approximate surface area is 136 Å². The number of carbonyl (C=O) groups is 1. The number of amides is 1. The molecule has 1 aromatic rings. The van der Waals surface area contributed by atoms with Crippen LogP contribution in [0.5, 0.6) is 11.5 Å². The van der Waals surface area contributed by atoms with Crippen LogP contribution in [0.25, 0.3) is 0 Å². The predicted octanol–water partition coefficient (Wildman–Crippen LogP) is 1.93. The first-order chi connectivity index (χ1) is 10.9. The highest BCUT2D eigenvalue weighted by Crippen LogP contribution is 2.50. The van der Waals surface area contributed by atoms with E-state index in [1.54, 1.807) is 18.2 Å². The van der Waals surface area contributed by atoms with Gasteiger partial charge in [-0.15, -0.1) is 0 Å². The number of rotatable bonds is 4. The summed E-state index contributed by atoms with van der Waals surface area (Å²) in [5, 5.41) is 2.90. The minimum atomic E-state index is -0.944. The van der Waals surface area contributed by atoms with Crippen LogP contribution in [0.2, 0.25) is 0 Å². The largest absolute Gasteiger partial charge is 0.486 e. The molecule has 23 heavy (non-hydrogen) atoms. The van der Waals surface area contributed by atoms with Gasteiger partial charge in [-0.1, -0.05) is 13.8 Å². The lowest BCUT2D eigenvalue weighted by atomic mass is 9.54. The third-order valence-corrected chi connectivity index (χ3v) is 5.04. The zero-order valence-corrected chi connectivity index (χ0v) is 13.8. The van der Waals surface area contributed by atoms with Gasteiger partial charge in [-0.05, 0) is 19.1 Å². The van der Waals surface area contributed by atoms with Crippen molar-refractivity contribution in [2.75, 3.05) is 25.1 Å². The Bertz CT molecular complexity index is 617. The molecule has 1 heterocycles. The minimum Gasteiger partial charge on any atom is -0.486 e. The van der Waals surface area contributed by atoms with Gasteiger partial charge in [0, 0.05) is 30.2 Å². The van der Waals surface area contributed by atoms with E-state index < -0.39 is 11.0 Å². The quantitative estimate of drug-likeness (QED) is 0.886. The number of nitrogens with one attached hydrogen (secondary N) is 1. The summed E-state index contributed by atoms with van der Waals surface area (Å²) in [6.45, 7) is 7.56. The standard InChI is InChI=1S/C17H24N2O4/c1-4-21-14-10-17(18,16(14,2)3)15(20)19-11-5-6-12-13(9-11)23-8-7-22-12/h5-6,9,14H,4,7-8,10,18H2,1-3H3,(H,19,20). The molecule has 1 amide bonds. The van der Waals surface area contributed by atoms with Crippen LogP contribution < -0.4 is 20.5 Å². The van der Waals surface area contributed by atoms with Crippen LogP contribution in [-0.2, 0) is 9.53 Å². The smallest absolute Gasteiger partial charge is 0.245 e. The highest BCUT2D eigenvalue weighted by molar-refractivity contribution is 6.00. The second-order valence-corrected chi connectivity index (χ2v) is 6.65. The van der Waals surface area contributed by atoms with E-state index in [0.29, 0.717) is 43.4 Å². The average molecular weight is 320 g/mol.